The third-order valence-corrected chi connectivity index (χ3v) is 4.09. The minimum Gasteiger partial charge on any atom is -0.511 e. The van der Waals surface area contributed by atoms with Gasteiger partial charge in [-0.1, -0.05) is 12.1 Å². The molecule has 0 aliphatic heterocycles. The first-order valence-electron chi connectivity index (χ1n) is 6.61. The van der Waals surface area contributed by atoms with Crippen molar-refractivity contribution in [3.8, 4) is 16.5 Å². The van der Waals surface area contributed by atoms with Crippen LogP contribution >= 0.6 is 11.3 Å². The lowest BCUT2D eigenvalue weighted by molar-refractivity contribution is -0.137. The minimum atomic E-state index is -4.39. The summed E-state index contributed by atoms with van der Waals surface area (Å²) >= 11 is 1.14. The summed E-state index contributed by atoms with van der Waals surface area (Å²) in [4.78, 5) is 12.5. The number of rotatable bonds is 3. The highest BCUT2D eigenvalue weighted by molar-refractivity contribution is 7.19. The van der Waals surface area contributed by atoms with Crippen LogP contribution in [0.4, 0.5) is 18.2 Å². The number of carbonyl (C=O) groups excluding carboxylic acids is 1. The Labute approximate surface area is 139 Å². The molecule has 2 rings (SSSR count). The predicted molar refractivity (Wildman–Crippen MR) is 84.3 cm³/mol. The SMILES string of the molecule is C/C(O)=C(\C#N)C(=O)Nc1ccc(-c2ccc(C(F)(F)F)cc2)s1. The van der Waals surface area contributed by atoms with E-state index in [0.717, 1.165) is 23.5 Å². The zero-order valence-corrected chi connectivity index (χ0v) is 13.1. The Morgan fingerprint density at radius 3 is 2.33 bits per heavy atom. The van der Waals surface area contributed by atoms with E-state index in [2.05, 4.69) is 5.32 Å². The Kier molecular flexibility index (Phi) is 4.95. The number of allylic oxidation sites excluding steroid dienone is 1. The van der Waals surface area contributed by atoms with Gasteiger partial charge in [0.1, 0.15) is 11.8 Å². The molecule has 0 bridgehead atoms. The fourth-order valence-corrected chi connectivity index (χ4v) is 2.76. The van der Waals surface area contributed by atoms with Crippen LogP contribution in [0.1, 0.15) is 12.5 Å². The molecule has 0 saturated carbocycles. The smallest absolute Gasteiger partial charge is 0.416 e. The summed E-state index contributed by atoms with van der Waals surface area (Å²) in [5.74, 6) is -1.15. The zero-order valence-electron chi connectivity index (χ0n) is 12.3. The summed E-state index contributed by atoms with van der Waals surface area (Å²) in [5, 5.41) is 20.9. The summed E-state index contributed by atoms with van der Waals surface area (Å²) in [5.41, 5.74) is -0.569. The van der Waals surface area contributed by atoms with Crippen molar-refractivity contribution in [3.05, 3.63) is 53.3 Å². The highest BCUT2D eigenvalue weighted by Gasteiger charge is 2.30. The van der Waals surface area contributed by atoms with Crippen LogP contribution in [-0.2, 0) is 11.0 Å². The molecule has 0 saturated heterocycles. The first-order chi connectivity index (χ1) is 11.2. The molecular weight excluding hydrogens is 341 g/mol. The van der Waals surface area contributed by atoms with Crippen molar-refractivity contribution < 1.29 is 23.1 Å². The van der Waals surface area contributed by atoms with Gasteiger partial charge in [-0.05, 0) is 36.8 Å². The second-order valence-corrected chi connectivity index (χ2v) is 5.85. The van der Waals surface area contributed by atoms with E-state index in [9.17, 15) is 23.1 Å². The maximum atomic E-state index is 12.5. The van der Waals surface area contributed by atoms with Crippen molar-refractivity contribution in [2.45, 2.75) is 13.1 Å². The van der Waals surface area contributed by atoms with Gasteiger partial charge in [0.25, 0.3) is 5.91 Å². The molecule has 2 N–H and O–H groups in total. The molecular formula is C16H11F3N2O2S. The molecule has 124 valence electrons. The monoisotopic (exact) mass is 352 g/mol. The maximum Gasteiger partial charge on any atom is 0.416 e. The lowest BCUT2D eigenvalue weighted by atomic mass is 10.1. The second kappa shape index (κ2) is 6.76. The molecule has 1 aromatic carbocycles. The number of hydrogen-bond acceptors (Lipinski definition) is 4. The number of nitrogens with one attached hydrogen (secondary N) is 1. The Bertz CT molecular complexity index is 826. The number of alkyl halides is 3. The van der Waals surface area contributed by atoms with E-state index in [0.29, 0.717) is 15.4 Å². The number of amides is 1. The number of hydrogen-bond donors (Lipinski definition) is 2. The van der Waals surface area contributed by atoms with Crippen LogP contribution in [0.25, 0.3) is 10.4 Å². The Morgan fingerprint density at radius 1 is 1.21 bits per heavy atom. The molecule has 0 atom stereocenters. The molecule has 0 spiro atoms. The zero-order chi connectivity index (χ0) is 17.9. The van der Waals surface area contributed by atoms with Crippen molar-refractivity contribution in [1.82, 2.24) is 0 Å². The highest BCUT2D eigenvalue weighted by Crippen LogP contribution is 2.34. The van der Waals surface area contributed by atoms with Crippen molar-refractivity contribution in [3.63, 3.8) is 0 Å². The summed E-state index contributed by atoms with van der Waals surface area (Å²) in [6.45, 7) is 1.22. The van der Waals surface area contributed by atoms with Gasteiger partial charge in [-0.2, -0.15) is 18.4 Å². The molecule has 1 aromatic heterocycles. The average molecular weight is 352 g/mol. The number of benzene rings is 1. The third-order valence-electron chi connectivity index (χ3n) is 3.04. The Hall–Kier alpha value is -2.79. The van der Waals surface area contributed by atoms with Gasteiger partial charge in [-0.3, -0.25) is 4.79 Å². The van der Waals surface area contributed by atoms with Crippen LogP contribution in [0.3, 0.4) is 0 Å². The van der Waals surface area contributed by atoms with Crippen LogP contribution in [-0.4, -0.2) is 11.0 Å². The van der Waals surface area contributed by atoms with Gasteiger partial charge in [0, 0.05) is 4.88 Å². The van der Waals surface area contributed by atoms with E-state index in [1.807, 2.05) is 0 Å². The van der Waals surface area contributed by atoms with Crippen molar-refractivity contribution >= 4 is 22.2 Å². The molecule has 24 heavy (non-hydrogen) atoms. The second-order valence-electron chi connectivity index (χ2n) is 4.77. The van der Waals surface area contributed by atoms with E-state index < -0.39 is 29.0 Å². The van der Waals surface area contributed by atoms with E-state index in [1.54, 1.807) is 18.2 Å². The number of thiophene rings is 1. The third kappa shape index (κ3) is 3.94. The number of anilines is 1. The maximum absolute atomic E-state index is 12.5. The van der Waals surface area contributed by atoms with Gasteiger partial charge in [0.15, 0.2) is 5.57 Å². The highest BCUT2D eigenvalue weighted by atomic mass is 32.1. The topological polar surface area (TPSA) is 73.1 Å². The van der Waals surface area contributed by atoms with Crippen LogP contribution in [0, 0.1) is 11.3 Å². The number of nitriles is 1. The molecule has 4 nitrogen and oxygen atoms in total. The molecule has 8 heteroatoms. The van der Waals surface area contributed by atoms with Gasteiger partial charge >= 0.3 is 6.18 Å². The Morgan fingerprint density at radius 2 is 1.83 bits per heavy atom. The summed E-state index contributed by atoms with van der Waals surface area (Å²) in [6.07, 6.45) is -4.39. The van der Waals surface area contributed by atoms with E-state index in [1.165, 1.54) is 19.1 Å². The minimum absolute atomic E-state index is 0.394. The summed E-state index contributed by atoms with van der Waals surface area (Å²) in [7, 11) is 0. The molecule has 0 aliphatic rings. The lowest BCUT2D eigenvalue weighted by Gasteiger charge is -2.06. The Balaban J connectivity index is 2.18. The molecule has 2 aromatic rings. The largest absolute Gasteiger partial charge is 0.511 e. The first-order valence-corrected chi connectivity index (χ1v) is 7.43. The fraction of sp³-hybridized carbons (Fsp3) is 0.125. The van der Waals surface area contributed by atoms with Gasteiger partial charge < -0.3 is 10.4 Å². The van der Waals surface area contributed by atoms with Crippen molar-refractivity contribution in [1.29, 1.82) is 5.26 Å². The average Bonchev–Trinajstić information content (AvgIpc) is 2.95. The number of carbonyl (C=O) groups is 1. The standard InChI is InChI=1S/C16H11F3N2O2S/c1-9(22)12(8-20)15(23)21-14-7-6-13(24-14)10-2-4-11(5-3-10)16(17,18)19/h2-7,22H,1H3,(H,21,23)/b12-9-. The van der Waals surface area contributed by atoms with Crippen LogP contribution in [0.15, 0.2) is 47.7 Å². The molecule has 1 heterocycles. The van der Waals surface area contributed by atoms with Crippen molar-refractivity contribution in [2.75, 3.05) is 5.32 Å². The normalized spacial score (nSPS) is 12.3. The number of aliphatic hydroxyl groups excluding tert-OH is 1. The van der Waals surface area contributed by atoms with E-state index >= 15 is 0 Å². The number of halogens is 3. The molecule has 0 aliphatic carbocycles. The van der Waals surface area contributed by atoms with Crippen LogP contribution in [0.2, 0.25) is 0 Å². The molecule has 0 fully saturated rings. The van der Waals surface area contributed by atoms with Crippen molar-refractivity contribution in [2.24, 2.45) is 0 Å². The number of nitrogens with zero attached hydrogens (tertiary/aromatic N) is 1. The fourth-order valence-electron chi connectivity index (χ4n) is 1.85. The van der Waals surface area contributed by atoms with Gasteiger partial charge in [0.2, 0.25) is 0 Å². The van der Waals surface area contributed by atoms with Gasteiger partial charge in [-0.15, -0.1) is 11.3 Å². The van der Waals surface area contributed by atoms with Crippen LogP contribution in [0.5, 0.6) is 0 Å². The lowest BCUT2D eigenvalue weighted by Crippen LogP contribution is -2.13. The van der Waals surface area contributed by atoms with Gasteiger partial charge in [-0.25, -0.2) is 0 Å². The molecule has 1 amide bonds. The predicted octanol–water partition coefficient (Wildman–Crippen LogP) is 4.73. The molecule has 0 radical (unpaired) electrons. The number of aliphatic hydroxyl groups is 1. The summed E-state index contributed by atoms with van der Waals surface area (Å²) in [6, 6.07) is 9.47. The van der Waals surface area contributed by atoms with E-state index in [4.69, 9.17) is 5.26 Å². The first kappa shape index (κ1) is 17.6. The van der Waals surface area contributed by atoms with E-state index in [-0.39, 0.29) is 0 Å². The van der Waals surface area contributed by atoms with Crippen LogP contribution < -0.4 is 5.32 Å². The molecule has 0 unspecified atom stereocenters. The summed E-state index contributed by atoms with van der Waals surface area (Å²) < 4.78 is 37.6. The van der Waals surface area contributed by atoms with Gasteiger partial charge in [0.05, 0.1) is 10.6 Å². The quantitative estimate of drug-likeness (QED) is 0.476.